The van der Waals surface area contributed by atoms with E-state index >= 15 is 0 Å². The van der Waals surface area contributed by atoms with Gasteiger partial charge in [-0.3, -0.25) is 4.99 Å². The van der Waals surface area contributed by atoms with E-state index in [9.17, 15) is 0 Å². The molecule has 0 aromatic carbocycles. The lowest BCUT2D eigenvalue weighted by atomic mass is 9.77. The summed E-state index contributed by atoms with van der Waals surface area (Å²) in [5.74, 6) is 1.35. The average Bonchev–Trinajstić information content (AvgIpc) is 2.18. The standard InChI is InChI=1S/C13H21N/c1-5-7-11-8-6-9-12(10(2)3)13(11)14-4/h5,7,10,12H,1,6,8-9H2,2-4H3/b11-7-,14-13+. The molecule has 0 heterocycles. The number of rotatable bonds is 2. The van der Waals surface area contributed by atoms with Gasteiger partial charge in [-0.2, -0.15) is 0 Å². The number of allylic oxidation sites excluding steroid dienone is 3. The Bertz CT molecular complexity index is 258. The van der Waals surface area contributed by atoms with Crippen molar-refractivity contribution in [3.63, 3.8) is 0 Å². The van der Waals surface area contributed by atoms with Crippen molar-refractivity contribution in [1.29, 1.82) is 0 Å². The molecule has 0 bridgehead atoms. The molecule has 14 heavy (non-hydrogen) atoms. The molecule has 0 aromatic rings. The van der Waals surface area contributed by atoms with Crippen LogP contribution >= 0.6 is 0 Å². The summed E-state index contributed by atoms with van der Waals surface area (Å²) in [4.78, 5) is 4.45. The van der Waals surface area contributed by atoms with Crippen LogP contribution in [0.25, 0.3) is 0 Å². The first-order valence-corrected chi connectivity index (χ1v) is 5.49. The van der Waals surface area contributed by atoms with Crippen molar-refractivity contribution in [2.24, 2.45) is 16.8 Å². The first kappa shape index (κ1) is 11.2. The molecule has 0 aromatic heterocycles. The van der Waals surface area contributed by atoms with Crippen LogP contribution in [0.15, 0.2) is 29.3 Å². The maximum atomic E-state index is 4.45. The van der Waals surface area contributed by atoms with Gasteiger partial charge in [0, 0.05) is 18.7 Å². The fourth-order valence-corrected chi connectivity index (χ4v) is 2.28. The SMILES string of the molecule is C=C/C=C1/CCCC(C(C)C)/C1=N/C. The molecule has 1 heteroatoms. The summed E-state index contributed by atoms with van der Waals surface area (Å²) in [6.45, 7) is 8.33. The summed E-state index contributed by atoms with van der Waals surface area (Å²) in [6, 6.07) is 0. The van der Waals surface area contributed by atoms with Crippen LogP contribution in [0.3, 0.4) is 0 Å². The lowest BCUT2D eigenvalue weighted by Crippen LogP contribution is -2.26. The van der Waals surface area contributed by atoms with Gasteiger partial charge in [-0.05, 0) is 30.8 Å². The van der Waals surface area contributed by atoms with Crippen molar-refractivity contribution in [2.45, 2.75) is 33.1 Å². The van der Waals surface area contributed by atoms with Gasteiger partial charge in [-0.1, -0.05) is 32.6 Å². The molecule has 1 rings (SSSR count). The molecule has 1 saturated carbocycles. The molecule has 1 aliphatic rings. The van der Waals surface area contributed by atoms with Crippen LogP contribution in [0.2, 0.25) is 0 Å². The quantitative estimate of drug-likeness (QED) is 0.632. The Labute approximate surface area is 87.6 Å². The zero-order valence-electron chi connectivity index (χ0n) is 9.59. The molecule has 1 unspecified atom stereocenters. The van der Waals surface area contributed by atoms with Crippen LogP contribution in [0.5, 0.6) is 0 Å². The molecule has 1 atom stereocenters. The molecule has 1 nitrogen and oxygen atoms in total. The van der Waals surface area contributed by atoms with E-state index in [1.165, 1.54) is 30.5 Å². The van der Waals surface area contributed by atoms with Gasteiger partial charge < -0.3 is 0 Å². The Hall–Kier alpha value is -0.850. The Kier molecular flexibility index (Phi) is 4.12. The van der Waals surface area contributed by atoms with E-state index < -0.39 is 0 Å². The fourth-order valence-electron chi connectivity index (χ4n) is 2.28. The second kappa shape index (κ2) is 5.14. The van der Waals surface area contributed by atoms with Crippen molar-refractivity contribution in [3.05, 3.63) is 24.3 Å². The van der Waals surface area contributed by atoms with E-state index in [2.05, 4.69) is 31.5 Å². The molecule has 0 spiro atoms. The van der Waals surface area contributed by atoms with Crippen molar-refractivity contribution < 1.29 is 0 Å². The Morgan fingerprint density at radius 3 is 2.71 bits per heavy atom. The third-order valence-corrected chi connectivity index (χ3v) is 3.01. The topological polar surface area (TPSA) is 12.4 Å². The Morgan fingerprint density at radius 2 is 2.21 bits per heavy atom. The normalized spacial score (nSPS) is 28.7. The third kappa shape index (κ3) is 2.34. The predicted molar refractivity (Wildman–Crippen MR) is 63.8 cm³/mol. The zero-order chi connectivity index (χ0) is 10.6. The summed E-state index contributed by atoms with van der Waals surface area (Å²) in [5, 5.41) is 0. The minimum Gasteiger partial charge on any atom is -0.293 e. The van der Waals surface area contributed by atoms with Gasteiger partial charge in [0.05, 0.1) is 0 Å². The van der Waals surface area contributed by atoms with Crippen LogP contribution in [0, 0.1) is 11.8 Å². The summed E-state index contributed by atoms with van der Waals surface area (Å²) in [6.07, 6.45) is 7.75. The number of hydrogen-bond acceptors (Lipinski definition) is 1. The van der Waals surface area contributed by atoms with Gasteiger partial charge in [-0.15, -0.1) is 0 Å². The number of nitrogens with zero attached hydrogens (tertiary/aromatic N) is 1. The van der Waals surface area contributed by atoms with Crippen molar-refractivity contribution in [1.82, 2.24) is 0 Å². The van der Waals surface area contributed by atoms with Gasteiger partial charge in [0.2, 0.25) is 0 Å². The Morgan fingerprint density at radius 1 is 1.50 bits per heavy atom. The molecule has 0 radical (unpaired) electrons. The summed E-state index contributed by atoms with van der Waals surface area (Å²) >= 11 is 0. The maximum absolute atomic E-state index is 4.45. The highest BCUT2D eigenvalue weighted by atomic mass is 14.7. The molecule has 0 aliphatic heterocycles. The van der Waals surface area contributed by atoms with Gasteiger partial charge in [-0.25, -0.2) is 0 Å². The zero-order valence-corrected chi connectivity index (χ0v) is 9.59. The molecular weight excluding hydrogens is 170 g/mol. The largest absolute Gasteiger partial charge is 0.293 e. The van der Waals surface area contributed by atoms with Crippen LogP contribution in [0.4, 0.5) is 0 Å². The highest BCUT2D eigenvalue weighted by Gasteiger charge is 2.25. The number of hydrogen-bond donors (Lipinski definition) is 0. The predicted octanol–water partition coefficient (Wildman–Crippen LogP) is 3.63. The summed E-state index contributed by atoms with van der Waals surface area (Å²) in [5.41, 5.74) is 2.71. The second-order valence-corrected chi connectivity index (χ2v) is 4.28. The van der Waals surface area contributed by atoms with Gasteiger partial charge >= 0.3 is 0 Å². The summed E-state index contributed by atoms with van der Waals surface area (Å²) in [7, 11) is 1.91. The molecule has 1 fully saturated rings. The average molecular weight is 191 g/mol. The van der Waals surface area contributed by atoms with Gasteiger partial charge in [0.15, 0.2) is 0 Å². The minimum absolute atomic E-state index is 0.653. The second-order valence-electron chi connectivity index (χ2n) is 4.28. The van der Waals surface area contributed by atoms with Gasteiger partial charge in [0.1, 0.15) is 0 Å². The number of aliphatic imine (C=N–C) groups is 1. The van der Waals surface area contributed by atoms with E-state index in [0.29, 0.717) is 11.8 Å². The van der Waals surface area contributed by atoms with Crippen LogP contribution in [-0.4, -0.2) is 12.8 Å². The first-order valence-electron chi connectivity index (χ1n) is 5.49. The highest BCUT2D eigenvalue weighted by Crippen LogP contribution is 2.31. The molecular formula is C13H21N. The molecule has 0 amide bonds. The molecule has 0 saturated heterocycles. The highest BCUT2D eigenvalue weighted by molar-refractivity contribution is 6.02. The minimum atomic E-state index is 0.653. The Balaban J connectivity index is 2.91. The monoisotopic (exact) mass is 191 g/mol. The summed E-state index contributed by atoms with van der Waals surface area (Å²) < 4.78 is 0. The first-order chi connectivity index (χ1) is 6.70. The third-order valence-electron chi connectivity index (χ3n) is 3.01. The van der Waals surface area contributed by atoms with Crippen LogP contribution in [-0.2, 0) is 0 Å². The lowest BCUT2D eigenvalue weighted by molar-refractivity contribution is 0.435. The fraction of sp³-hybridized carbons (Fsp3) is 0.615. The van der Waals surface area contributed by atoms with E-state index in [-0.39, 0.29) is 0 Å². The lowest BCUT2D eigenvalue weighted by Gasteiger charge is -2.29. The van der Waals surface area contributed by atoms with Crippen molar-refractivity contribution in [3.8, 4) is 0 Å². The van der Waals surface area contributed by atoms with E-state index in [1.807, 2.05) is 13.1 Å². The molecule has 1 aliphatic carbocycles. The van der Waals surface area contributed by atoms with E-state index in [0.717, 1.165) is 0 Å². The molecule has 78 valence electrons. The van der Waals surface area contributed by atoms with Crippen molar-refractivity contribution in [2.75, 3.05) is 7.05 Å². The smallest absolute Gasteiger partial charge is 0.0410 e. The molecule has 0 N–H and O–H groups in total. The van der Waals surface area contributed by atoms with Crippen LogP contribution < -0.4 is 0 Å². The van der Waals surface area contributed by atoms with Crippen molar-refractivity contribution >= 4 is 5.71 Å². The maximum Gasteiger partial charge on any atom is 0.0410 e. The van der Waals surface area contributed by atoms with E-state index in [1.54, 1.807) is 0 Å². The van der Waals surface area contributed by atoms with Gasteiger partial charge in [0.25, 0.3) is 0 Å². The van der Waals surface area contributed by atoms with E-state index in [4.69, 9.17) is 0 Å². The van der Waals surface area contributed by atoms with Crippen LogP contribution in [0.1, 0.15) is 33.1 Å².